The molecular weight excluding hydrogens is 350 g/mol. The quantitative estimate of drug-likeness (QED) is 0.834. The van der Waals surface area contributed by atoms with E-state index in [2.05, 4.69) is 21.2 Å². The van der Waals surface area contributed by atoms with E-state index in [4.69, 9.17) is 4.74 Å². The van der Waals surface area contributed by atoms with Gasteiger partial charge in [-0.05, 0) is 46.2 Å². The van der Waals surface area contributed by atoms with Crippen molar-refractivity contribution in [2.75, 3.05) is 0 Å². The summed E-state index contributed by atoms with van der Waals surface area (Å²) in [6, 6.07) is 6.46. The standard InChI is InChI=1S/C16H22BrNO4/c1-15(2,3)22-14(21)18-12(16(4,5)13(19)20)10-8-6-7-9-11(10)17/h6-9,12H,1-5H3,(H,18,21)(H,19,20)/t12-/m1/s1. The molecule has 122 valence electrons. The largest absolute Gasteiger partial charge is 0.481 e. The summed E-state index contributed by atoms with van der Waals surface area (Å²) in [5.41, 5.74) is -1.18. The molecule has 0 aliphatic rings. The van der Waals surface area contributed by atoms with Crippen molar-refractivity contribution in [3.05, 3.63) is 34.3 Å². The van der Waals surface area contributed by atoms with E-state index in [1.54, 1.807) is 52.8 Å². The highest BCUT2D eigenvalue weighted by atomic mass is 79.9. The number of amides is 1. The molecule has 2 N–H and O–H groups in total. The Balaban J connectivity index is 3.17. The Morgan fingerprint density at radius 2 is 1.73 bits per heavy atom. The zero-order valence-electron chi connectivity index (χ0n) is 13.4. The van der Waals surface area contributed by atoms with Crippen LogP contribution in [0.4, 0.5) is 4.79 Å². The first-order chi connectivity index (χ1) is 9.95. The highest BCUT2D eigenvalue weighted by Gasteiger charge is 2.40. The molecule has 0 saturated carbocycles. The fourth-order valence-electron chi connectivity index (χ4n) is 1.91. The van der Waals surface area contributed by atoms with Crippen LogP contribution in [0, 0.1) is 5.41 Å². The predicted octanol–water partition coefficient (Wildman–Crippen LogP) is 4.13. The number of carboxylic acids is 1. The zero-order chi connectivity index (χ0) is 17.1. The number of alkyl carbamates (subject to hydrolysis) is 1. The molecule has 22 heavy (non-hydrogen) atoms. The fraction of sp³-hybridized carbons (Fsp3) is 0.500. The molecule has 0 aliphatic carbocycles. The number of carboxylic acid groups (broad SMARTS) is 1. The number of carbonyl (C=O) groups excluding carboxylic acids is 1. The third-order valence-corrected chi connectivity index (χ3v) is 3.87. The molecule has 0 fully saturated rings. The Kier molecular flexibility index (Phi) is 5.62. The van der Waals surface area contributed by atoms with Gasteiger partial charge >= 0.3 is 12.1 Å². The third kappa shape index (κ3) is 4.73. The number of benzene rings is 1. The van der Waals surface area contributed by atoms with Gasteiger partial charge in [0.2, 0.25) is 0 Å². The Morgan fingerprint density at radius 1 is 1.18 bits per heavy atom. The van der Waals surface area contributed by atoms with E-state index in [9.17, 15) is 14.7 Å². The minimum atomic E-state index is -1.21. The fourth-order valence-corrected chi connectivity index (χ4v) is 2.42. The van der Waals surface area contributed by atoms with Gasteiger partial charge in [-0.15, -0.1) is 0 Å². The Morgan fingerprint density at radius 3 is 2.18 bits per heavy atom. The summed E-state index contributed by atoms with van der Waals surface area (Å²) in [6.45, 7) is 8.39. The van der Waals surface area contributed by atoms with Gasteiger partial charge in [0.05, 0.1) is 11.5 Å². The lowest BCUT2D eigenvalue weighted by Gasteiger charge is -2.33. The van der Waals surface area contributed by atoms with Crippen LogP contribution in [0.25, 0.3) is 0 Å². The van der Waals surface area contributed by atoms with Gasteiger partial charge in [-0.25, -0.2) is 4.79 Å². The normalized spacial score (nSPS) is 13.4. The van der Waals surface area contributed by atoms with Gasteiger partial charge in [-0.3, -0.25) is 4.79 Å². The van der Waals surface area contributed by atoms with E-state index >= 15 is 0 Å². The molecule has 1 atom stereocenters. The van der Waals surface area contributed by atoms with Crippen LogP contribution in [0.2, 0.25) is 0 Å². The van der Waals surface area contributed by atoms with Crippen molar-refractivity contribution in [2.45, 2.75) is 46.3 Å². The summed E-state index contributed by atoms with van der Waals surface area (Å²) in [4.78, 5) is 23.7. The minimum absolute atomic E-state index is 0.650. The van der Waals surface area contributed by atoms with Gasteiger partial charge in [0, 0.05) is 4.47 Å². The van der Waals surface area contributed by atoms with Gasteiger partial charge in [0.25, 0.3) is 0 Å². The molecule has 1 aromatic rings. The zero-order valence-corrected chi connectivity index (χ0v) is 15.0. The van der Waals surface area contributed by atoms with Gasteiger partial charge in [-0.2, -0.15) is 0 Å². The van der Waals surface area contributed by atoms with E-state index in [1.807, 2.05) is 6.07 Å². The average molecular weight is 372 g/mol. The molecule has 0 aliphatic heterocycles. The van der Waals surface area contributed by atoms with Crippen LogP contribution in [0.5, 0.6) is 0 Å². The monoisotopic (exact) mass is 371 g/mol. The first kappa shape index (κ1) is 18.5. The second-order valence-corrected chi connectivity index (χ2v) is 7.48. The first-order valence-corrected chi connectivity index (χ1v) is 7.72. The summed E-state index contributed by atoms with van der Waals surface area (Å²) < 4.78 is 5.97. The van der Waals surface area contributed by atoms with E-state index in [0.717, 1.165) is 4.47 Å². The van der Waals surface area contributed by atoms with Crippen molar-refractivity contribution in [3.8, 4) is 0 Å². The molecule has 1 aromatic carbocycles. The highest BCUT2D eigenvalue weighted by molar-refractivity contribution is 9.10. The molecule has 1 rings (SSSR count). The van der Waals surface area contributed by atoms with Crippen LogP contribution in [0.1, 0.15) is 46.2 Å². The third-order valence-electron chi connectivity index (χ3n) is 3.15. The van der Waals surface area contributed by atoms with Crippen molar-refractivity contribution in [1.29, 1.82) is 0 Å². The molecule has 0 unspecified atom stereocenters. The van der Waals surface area contributed by atoms with Gasteiger partial charge in [0.15, 0.2) is 0 Å². The van der Waals surface area contributed by atoms with Crippen LogP contribution < -0.4 is 5.32 Å². The number of ether oxygens (including phenoxy) is 1. The molecule has 0 bridgehead atoms. The van der Waals surface area contributed by atoms with Gasteiger partial charge in [-0.1, -0.05) is 34.1 Å². The summed E-state index contributed by atoms with van der Waals surface area (Å²) in [7, 11) is 0. The van der Waals surface area contributed by atoms with E-state index in [1.165, 1.54) is 0 Å². The van der Waals surface area contributed by atoms with E-state index in [-0.39, 0.29) is 0 Å². The van der Waals surface area contributed by atoms with Gasteiger partial charge < -0.3 is 15.2 Å². The number of aliphatic carboxylic acids is 1. The number of hydrogen-bond acceptors (Lipinski definition) is 3. The number of carbonyl (C=O) groups is 2. The van der Waals surface area contributed by atoms with Crippen LogP contribution in [-0.2, 0) is 9.53 Å². The molecule has 0 heterocycles. The maximum Gasteiger partial charge on any atom is 0.408 e. The number of nitrogens with one attached hydrogen (secondary N) is 1. The molecule has 0 radical (unpaired) electrons. The number of rotatable bonds is 4. The topological polar surface area (TPSA) is 75.6 Å². The lowest BCUT2D eigenvalue weighted by atomic mass is 9.80. The van der Waals surface area contributed by atoms with Crippen molar-refractivity contribution in [1.82, 2.24) is 5.32 Å². The molecule has 5 nitrogen and oxygen atoms in total. The smallest absolute Gasteiger partial charge is 0.408 e. The van der Waals surface area contributed by atoms with Gasteiger partial charge in [0.1, 0.15) is 5.60 Å². The van der Waals surface area contributed by atoms with Crippen molar-refractivity contribution in [3.63, 3.8) is 0 Å². The van der Waals surface area contributed by atoms with Crippen molar-refractivity contribution in [2.24, 2.45) is 5.41 Å². The second kappa shape index (κ2) is 6.69. The second-order valence-electron chi connectivity index (χ2n) is 6.63. The Bertz CT molecular complexity index is 564. The molecular formula is C16H22BrNO4. The van der Waals surface area contributed by atoms with Crippen molar-refractivity contribution < 1.29 is 19.4 Å². The number of hydrogen-bond donors (Lipinski definition) is 2. The number of halogens is 1. The van der Waals surface area contributed by atoms with Crippen LogP contribution in [-0.4, -0.2) is 22.8 Å². The highest BCUT2D eigenvalue weighted by Crippen LogP contribution is 2.37. The van der Waals surface area contributed by atoms with E-state index in [0.29, 0.717) is 5.56 Å². The lowest BCUT2D eigenvalue weighted by molar-refractivity contribution is -0.148. The summed E-state index contributed by atoms with van der Waals surface area (Å²) in [5, 5.41) is 12.2. The van der Waals surface area contributed by atoms with E-state index < -0.39 is 29.1 Å². The van der Waals surface area contributed by atoms with Crippen LogP contribution in [0.3, 0.4) is 0 Å². The SMILES string of the molecule is CC(C)(C)OC(=O)N[C@H](c1ccccc1Br)C(C)(C)C(=O)O. The molecule has 6 heteroatoms. The summed E-state index contributed by atoms with van der Waals surface area (Å²) in [5.74, 6) is -1.01. The predicted molar refractivity (Wildman–Crippen MR) is 87.7 cm³/mol. The maximum absolute atomic E-state index is 12.1. The summed E-state index contributed by atoms with van der Waals surface area (Å²) >= 11 is 3.40. The Labute approximate surface area is 139 Å². The first-order valence-electron chi connectivity index (χ1n) is 6.92. The maximum atomic E-state index is 12.1. The molecule has 0 spiro atoms. The minimum Gasteiger partial charge on any atom is -0.481 e. The average Bonchev–Trinajstić information content (AvgIpc) is 2.34. The molecule has 0 aromatic heterocycles. The summed E-state index contributed by atoms with van der Waals surface area (Å²) in [6.07, 6.45) is -0.650. The molecule has 0 saturated heterocycles. The molecule has 1 amide bonds. The van der Waals surface area contributed by atoms with Crippen LogP contribution in [0.15, 0.2) is 28.7 Å². The van der Waals surface area contributed by atoms with Crippen molar-refractivity contribution >= 4 is 28.0 Å². The van der Waals surface area contributed by atoms with Crippen LogP contribution >= 0.6 is 15.9 Å². The lowest BCUT2D eigenvalue weighted by Crippen LogP contribution is -2.44. The Hall–Kier alpha value is -1.56.